The average Bonchev–Trinajstić information content (AvgIpc) is 3.05. The molecule has 0 unspecified atom stereocenters. The Kier molecular flexibility index (Phi) is 5.02. The molecule has 0 bridgehead atoms. The van der Waals surface area contributed by atoms with E-state index < -0.39 is 5.97 Å². The van der Waals surface area contributed by atoms with Crippen LogP contribution < -0.4 is 4.90 Å². The summed E-state index contributed by atoms with van der Waals surface area (Å²) in [5.74, 6) is -0.643. The highest BCUT2D eigenvalue weighted by atomic mass is 16.4. The molecule has 1 N–H and O–H groups in total. The fourth-order valence-electron chi connectivity index (χ4n) is 3.31. The summed E-state index contributed by atoms with van der Waals surface area (Å²) in [6.45, 7) is 4.00. The Bertz CT molecular complexity index is 1190. The molecule has 3 aromatic carbocycles. The molecule has 0 spiro atoms. The zero-order valence-corrected chi connectivity index (χ0v) is 16.7. The number of anilines is 1. The lowest BCUT2D eigenvalue weighted by molar-refractivity contribution is -0.113. The number of aliphatic imine (C=N–C) groups is 1. The lowest BCUT2D eigenvalue weighted by atomic mass is 10.1. The molecule has 1 amide bonds. The number of aromatic carboxylic acids is 1. The maximum atomic E-state index is 13.3. The van der Waals surface area contributed by atoms with Crippen LogP contribution in [0.3, 0.4) is 0 Å². The van der Waals surface area contributed by atoms with Crippen LogP contribution in [0, 0.1) is 13.8 Å². The van der Waals surface area contributed by atoms with Crippen LogP contribution in [0.2, 0.25) is 0 Å². The second kappa shape index (κ2) is 7.79. The molecule has 5 heteroatoms. The summed E-state index contributed by atoms with van der Waals surface area (Å²) in [6, 6.07) is 22.0. The Balaban J connectivity index is 1.79. The maximum absolute atomic E-state index is 13.3. The zero-order valence-electron chi connectivity index (χ0n) is 16.7. The van der Waals surface area contributed by atoms with Crippen molar-refractivity contribution in [3.8, 4) is 0 Å². The van der Waals surface area contributed by atoms with E-state index in [4.69, 9.17) is 5.11 Å². The van der Waals surface area contributed by atoms with Crippen LogP contribution in [0.4, 0.5) is 5.69 Å². The second-order valence-electron chi connectivity index (χ2n) is 7.24. The van der Waals surface area contributed by atoms with E-state index in [0.717, 1.165) is 22.4 Å². The predicted octanol–water partition coefficient (Wildman–Crippen LogP) is 4.84. The maximum Gasteiger partial charge on any atom is 0.335 e. The number of amides is 1. The van der Waals surface area contributed by atoms with Gasteiger partial charge in [0.1, 0.15) is 11.5 Å². The summed E-state index contributed by atoms with van der Waals surface area (Å²) in [5, 5.41) is 9.07. The minimum absolute atomic E-state index is 0.195. The van der Waals surface area contributed by atoms with E-state index in [9.17, 15) is 9.59 Å². The van der Waals surface area contributed by atoms with Gasteiger partial charge in [-0.3, -0.25) is 9.69 Å². The molecule has 3 aromatic rings. The molecule has 5 nitrogen and oxygen atoms in total. The van der Waals surface area contributed by atoms with Crippen LogP contribution >= 0.6 is 0 Å². The van der Waals surface area contributed by atoms with Crippen molar-refractivity contribution in [1.29, 1.82) is 0 Å². The van der Waals surface area contributed by atoms with Crippen molar-refractivity contribution in [2.75, 3.05) is 4.90 Å². The van der Waals surface area contributed by atoms with Gasteiger partial charge in [0.2, 0.25) is 0 Å². The normalized spacial score (nSPS) is 14.9. The summed E-state index contributed by atoms with van der Waals surface area (Å²) < 4.78 is 0. The van der Waals surface area contributed by atoms with Gasteiger partial charge in [-0.25, -0.2) is 9.79 Å². The van der Waals surface area contributed by atoms with Crippen molar-refractivity contribution in [3.63, 3.8) is 0 Å². The number of amidine groups is 1. The standard InChI is InChI=1S/C25H20N2O3/c1-16-6-12-21(13-7-16)27-23(20-5-3-4-17(2)14-20)26-22(24(27)28)15-18-8-10-19(11-9-18)25(29)30/h3-15H,1-2H3,(H,29,30)/b22-15+. The van der Waals surface area contributed by atoms with E-state index in [1.807, 2.05) is 62.4 Å². The van der Waals surface area contributed by atoms with Gasteiger partial charge in [-0.2, -0.15) is 0 Å². The van der Waals surface area contributed by atoms with Gasteiger partial charge in [0, 0.05) is 5.56 Å². The average molecular weight is 396 g/mol. The van der Waals surface area contributed by atoms with Crippen LogP contribution in [0.25, 0.3) is 6.08 Å². The van der Waals surface area contributed by atoms with E-state index in [2.05, 4.69) is 4.99 Å². The minimum Gasteiger partial charge on any atom is -0.478 e. The molecule has 0 saturated carbocycles. The van der Waals surface area contributed by atoms with Gasteiger partial charge in [0.05, 0.1) is 11.3 Å². The number of aryl methyl sites for hydroxylation is 2. The Hall–Kier alpha value is -3.99. The summed E-state index contributed by atoms with van der Waals surface area (Å²) in [6.07, 6.45) is 1.68. The summed E-state index contributed by atoms with van der Waals surface area (Å²) in [7, 11) is 0. The first kappa shape index (κ1) is 19.3. The molecule has 1 aliphatic heterocycles. The van der Waals surface area contributed by atoms with Gasteiger partial charge in [-0.15, -0.1) is 0 Å². The number of benzene rings is 3. The third kappa shape index (κ3) is 3.78. The van der Waals surface area contributed by atoms with E-state index in [0.29, 0.717) is 17.1 Å². The number of carboxylic acid groups (broad SMARTS) is 1. The molecule has 0 radical (unpaired) electrons. The van der Waals surface area contributed by atoms with Gasteiger partial charge in [0.15, 0.2) is 0 Å². The number of hydrogen-bond acceptors (Lipinski definition) is 3. The van der Waals surface area contributed by atoms with Crippen LogP contribution in [0.5, 0.6) is 0 Å². The van der Waals surface area contributed by atoms with Crippen molar-refractivity contribution in [3.05, 3.63) is 106 Å². The summed E-state index contributed by atoms with van der Waals surface area (Å²) in [4.78, 5) is 30.6. The molecule has 1 aliphatic rings. The molecular formula is C25H20N2O3. The number of nitrogens with zero attached hydrogens (tertiary/aromatic N) is 2. The Morgan fingerprint density at radius 1 is 0.933 bits per heavy atom. The highest BCUT2D eigenvalue weighted by Gasteiger charge is 2.32. The second-order valence-corrected chi connectivity index (χ2v) is 7.24. The van der Waals surface area contributed by atoms with Crippen molar-refractivity contribution in [1.82, 2.24) is 0 Å². The lowest BCUT2D eigenvalue weighted by Gasteiger charge is -2.19. The fraction of sp³-hybridized carbons (Fsp3) is 0.0800. The van der Waals surface area contributed by atoms with Crippen molar-refractivity contribution < 1.29 is 14.7 Å². The molecule has 0 saturated heterocycles. The summed E-state index contributed by atoms with van der Waals surface area (Å²) >= 11 is 0. The predicted molar refractivity (Wildman–Crippen MR) is 118 cm³/mol. The summed E-state index contributed by atoms with van der Waals surface area (Å²) in [5.41, 5.74) is 4.99. The van der Waals surface area contributed by atoms with Crippen molar-refractivity contribution in [2.24, 2.45) is 4.99 Å². The lowest BCUT2D eigenvalue weighted by Crippen LogP contribution is -2.32. The molecule has 30 heavy (non-hydrogen) atoms. The van der Waals surface area contributed by atoms with Gasteiger partial charge in [-0.05, 0) is 55.8 Å². The number of carbonyl (C=O) groups is 2. The highest BCUT2D eigenvalue weighted by Crippen LogP contribution is 2.28. The molecule has 0 fully saturated rings. The molecule has 4 rings (SSSR count). The number of carbonyl (C=O) groups excluding carboxylic acids is 1. The molecule has 0 atom stereocenters. The quantitative estimate of drug-likeness (QED) is 0.642. The monoisotopic (exact) mass is 396 g/mol. The van der Waals surface area contributed by atoms with Crippen LogP contribution in [0.15, 0.2) is 83.5 Å². The van der Waals surface area contributed by atoms with E-state index >= 15 is 0 Å². The van der Waals surface area contributed by atoms with Gasteiger partial charge < -0.3 is 5.11 Å². The van der Waals surface area contributed by atoms with Gasteiger partial charge in [0.25, 0.3) is 5.91 Å². The van der Waals surface area contributed by atoms with E-state index in [1.165, 1.54) is 12.1 Å². The minimum atomic E-state index is -0.989. The van der Waals surface area contributed by atoms with Crippen LogP contribution in [-0.4, -0.2) is 22.8 Å². The van der Waals surface area contributed by atoms with Gasteiger partial charge >= 0.3 is 5.97 Å². The Morgan fingerprint density at radius 2 is 1.63 bits per heavy atom. The SMILES string of the molecule is Cc1ccc(N2C(=O)/C(=C\c3ccc(C(=O)O)cc3)N=C2c2cccc(C)c2)cc1. The third-order valence-corrected chi connectivity index (χ3v) is 4.89. The number of rotatable bonds is 4. The first-order valence-corrected chi connectivity index (χ1v) is 9.54. The van der Waals surface area contributed by atoms with Crippen LogP contribution in [0.1, 0.15) is 32.6 Å². The first-order valence-electron chi connectivity index (χ1n) is 9.54. The zero-order chi connectivity index (χ0) is 21.3. The first-order chi connectivity index (χ1) is 14.4. The Labute approximate surface area is 174 Å². The van der Waals surface area contributed by atoms with E-state index in [1.54, 1.807) is 23.1 Å². The smallest absolute Gasteiger partial charge is 0.335 e. The molecular weight excluding hydrogens is 376 g/mol. The van der Waals surface area contributed by atoms with Crippen molar-refractivity contribution >= 4 is 29.5 Å². The van der Waals surface area contributed by atoms with Gasteiger partial charge in [-0.1, -0.05) is 53.6 Å². The number of hydrogen-bond donors (Lipinski definition) is 1. The molecule has 1 heterocycles. The molecule has 0 aliphatic carbocycles. The Morgan fingerprint density at radius 3 is 2.27 bits per heavy atom. The largest absolute Gasteiger partial charge is 0.478 e. The fourth-order valence-corrected chi connectivity index (χ4v) is 3.31. The topological polar surface area (TPSA) is 70.0 Å². The van der Waals surface area contributed by atoms with Crippen LogP contribution in [-0.2, 0) is 4.79 Å². The van der Waals surface area contributed by atoms with E-state index in [-0.39, 0.29) is 11.5 Å². The number of carboxylic acids is 1. The molecule has 0 aromatic heterocycles. The van der Waals surface area contributed by atoms with Crippen molar-refractivity contribution in [2.45, 2.75) is 13.8 Å². The highest BCUT2D eigenvalue weighted by molar-refractivity contribution is 6.33. The third-order valence-electron chi connectivity index (χ3n) is 4.89. The molecule has 148 valence electrons.